The van der Waals surface area contributed by atoms with Crippen molar-refractivity contribution in [1.82, 2.24) is 20.2 Å². The number of carbonyl (C=O) groups excluding carboxylic acids is 2. The molecular weight excluding hydrogens is 510 g/mol. The lowest BCUT2D eigenvalue weighted by atomic mass is 9.78. The van der Waals surface area contributed by atoms with Crippen molar-refractivity contribution in [3.05, 3.63) is 28.5 Å². The predicted octanol–water partition coefficient (Wildman–Crippen LogP) is 3.80. The van der Waals surface area contributed by atoms with E-state index in [1.807, 2.05) is 24.8 Å². The molecule has 0 unspecified atom stereocenters. The van der Waals surface area contributed by atoms with E-state index in [-0.39, 0.29) is 51.6 Å². The highest BCUT2D eigenvalue weighted by atomic mass is 32.2. The summed E-state index contributed by atoms with van der Waals surface area (Å²) < 4.78 is 23.5. The van der Waals surface area contributed by atoms with Crippen molar-refractivity contribution < 1.29 is 18.0 Å². The number of thiazole rings is 1. The van der Waals surface area contributed by atoms with E-state index in [0.717, 1.165) is 42.6 Å². The van der Waals surface area contributed by atoms with Crippen molar-refractivity contribution in [2.45, 2.75) is 83.3 Å². The number of amides is 2. The first-order chi connectivity index (χ1) is 17.5. The molecule has 11 heteroatoms. The van der Waals surface area contributed by atoms with Gasteiger partial charge in [-0.05, 0) is 77.3 Å². The van der Waals surface area contributed by atoms with Gasteiger partial charge in [-0.2, -0.15) is 0 Å². The van der Waals surface area contributed by atoms with Gasteiger partial charge in [-0.15, -0.1) is 11.3 Å². The molecule has 2 amide bonds. The van der Waals surface area contributed by atoms with Crippen LogP contribution in [0.25, 0.3) is 10.4 Å². The van der Waals surface area contributed by atoms with Gasteiger partial charge >= 0.3 is 0 Å². The molecule has 4 heterocycles. The highest BCUT2D eigenvalue weighted by Crippen LogP contribution is 2.37. The molecule has 0 bridgehead atoms. The number of anilines is 1. The lowest BCUT2D eigenvalue weighted by Crippen LogP contribution is -2.41. The van der Waals surface area contributed by atoms with Gasteiger partial charge in [-0.3, -0.25) is 9.59 Å². The fourth-order valence-electron chi connectivity index (χ4n) is 5.40. The largest absolute Gasteiger partial charge is 0.365 e. The van der Waals surface area contributed by atoms with Crippen molar-refractivity contribution in [1.29, 1.82) is 0 Å². The SMILES string of the molecule is Cc1cc(NC2(C)CCC2)ncc1-c1sc(C(=O)NC2CCS(=O)(=O)CC2)nc1C(=O)N1CCC[C@@H]1C. The maximum atomic E-state index is 13.6. The maximum absolute atomic E-state index is 13.6. The summed E-state index contributed by atoms with van der Waals surface area (Å²) in [6, 6.07) is 1.90. The van der Waals surface area contributed by atoms with E-state index in [0.29, 0.717) is 24.3 Å². The minimum absolute atomic E-state index is 0.0714. The highest BCUT2D eigenvalue weighted by molar-refractivity contribution is 7.91. The third kappa shape index (κ3) is 5.52. The Morgan fingerprint density at radius 1 is 1.16 bits per heavy atom. The zero-order chi connectivity index (χ0) is 26.4. The molecule has 37 heavy (non-hydrogen) atoms. The average molecular weight is 546 g/mol. The number of hydrogen-bond acceptors (Lipinski definition) is 8. The van der Waals surface area contributed by atoms with Gasteiger partial charge in [0.15, 0.2) is 5.01 Å². The van der Waals surface area contributed by atoms with Gasteiger partial charge in [0.25, 0.3) is 11.8 Å². The van der Waals surface area contributed by atoms with Crippen molar-refractivity contribution in [2.24, 2.45) is 0 Å². The fraction of sp³-hybridized carbons (Fsp3) is 0.615. The molecule has 2 aliphatic heterocycles. The summed E-state index contributed by atoms with van der Waals surface area (Å²) in [6.45, 7) is 6.90. The minimum atomic E-state index is -3.03. The zero-order valence-electron chi connectivity index (χ0n) is 21.7. The van der Waals surface area contributed by atoms with Crippen LogP contribution >= 0.6 is 11.3 Å². The van der Waals surface area contributed by atoms with Crippen LogP contribution in [0.1, 0.15) is 84.6 Å². The lowest BCUT2D eigenvalue weighted by Gasteiger charge is -2.39. The van der Waals surface area contributed by atoms with Crippen LogP contribution < -0.4 is 10.6 Å². The first kappa shape index (κ1) is 26.1. The van der Waals surface area contributed by atoms with E-state index < -0.39 is 9.84 Å². The van der Waals surface area contributed by atoms with E-state index in [1.54, 1.807) is 6.20 Å². The normalized spacial score (nSPS) is 22.9. The number of sulfone groups is 1. The Morgan fingerprint density at radius 3 is 2.49 bits per heavy atom. The van der Waals surface area contributed by atoms with Crippen LogP contribution in [0, 0.1) is 6.92 Å². The second-order valence-corrected chi connectivity index (χ2v) is 14.3. The summed E-state index contributed by atoms with van der Waals surface area (Å²) in [7, 11) is -3.03. The molecule has 0 aromatic carbocycles. The molecular formula is C26H35N5O4S2. The Kier molecular flexibility index (Phi) is 7.04. The fourth-order valence-corrected chi connectivity index (χ4v) is 7.93. The Bertz CT molecular complexity index is 1300. The quantitative estimate of drug-likeness (QED) is 0.566. The van der Waals surface area contributed by atoms with Crippen LogP contribution in [0.2, 0.25) is 0 Å². The molecule has 2 aromatic heterocycles. The third-order valence-corrected chi connectivity index (χ3v) is 10.8. The Morgan fingerprint density at radius 2 is 1.89 bits per heavy atom. The lowest BCUT2D eigenvalue weighted by molar-refractivity contribution is 0.0743. The van der Waals surface area contributed by atoms with Crippen LogP contribution in [-0.2, 0) is 9.84 Å². The second kappa shape index (κ2) is 9.98. The molecule has 2 aromatic rings. The topological polar surface area (TPSA) is 121 Å². The third-order valence-electron chi connectivity index (χ3n) is 7.97. The van der Waals surface area contributed by atoms with E-state index in [9.17, 15) is 18.0 Å². The van der Waals surface area contributed by atoms with Crippen LogP contribution in [0.5, 0.6) is 0 Å². The molecule has 1 atom stereocenters. The predicted molar refractivity (Wildman–Crippen MR) is 145 cm³/mol. The van der Waals surface area contributed by atoms with Gasteiger partial charge in [0, 0.05) is 35.9 Å². The smallest absolute Gasteiger partial charge is 0.280 e. The van der Waals surface area contributed by atoms with Crippen molar-refractivity contribution in [3.63, 3.8) is 0 Å². The first-order valence-corrected chi connectivity index (χ1v) is 15.8. The van der Waals surface area contributed by atoms with Gasteiger partial charge in [-0.1, -0.05) is 0 Å². The molecule has 3 fully saturated rings. The number of aryl methyl sites for hydroxylation is 1. The number of nitrogens with zero attached hydrogens (tertiary/aromatic N) is 3. The van der Waals surface area contributed by atoms with Gasteiger partial charge < -0.3 is 15.5 Å². The molecule has 5 rings (SSSR count). The molecule has 3 aliphatic rings. The Labute approximate surface area is 222 Å². The Balaban J connectivity index is 1.44. The van der Waals surface area contributed by atoms with E-state index in [4.69, 9.17) is 0 Å². The van der Waals surface area contributed by atoms with Crippen molar-refractivity contribution in [3.8, 4) is 10.4 Å². The number of carbonyl (C=O) groups is 2. The molecule has 9 nitrogen and oxygen atoms in total. The molecule has 1 saturated carbocycles. The van der Waals surface area contributed by atoms with E-state index in [1.165, 1.54) is 17.8 Å². The van der Waals surface area contributed by atoms with Crippen LogP contribution in [0.15, 0.2) is 12.3 Å². The highest BCUT2D eigenvalue weighted by Gasteiger charge is 2.34. The van der Waals surface area contributed by atoms with Gasteiger partial charge in [0.05, 0.1) is 16.4 Å². The van der Waals surface area contributed by atoms with Crippen LogP contribution in [0.3, 0.4) is 0 Å². The monoisotopic (exact) mass is 545 g/mol. The number of hydrogen-bond donors (Lipinski definition) is 2. The summed E-state index contributed by atoms with van der Waals surface area (Å²) in [4.78, 5) is 38.4. The maximum Gasteiger partial charge on any atom is 0.280 e. The van der Waals surface area contributed by atoms with Gasteiger partial charge in [-0.25, -0.2) is 18.4 Å². The second-order valence-electron chi connectivity index (χ2n) is 11.0. The van der Waals surface area contributed by atoms with Gasteiger partial charge in [0.2, 0.25) is 0 Å². The minimum Gasteiger partial charge on any atom is -0.365 e. The summed E-state index contributed by atoms with van der Waals surface area (Å²) in [5.74, 6) is 0.414. The van der Waals surface area contributed by atoms with Crippen LogP contribution in [-0.4, -0.2) is 70.8 Å². The molecule has 0 spiro atoms. The van der Waals surface area contributed by atoms with Gasteiger partial charge in [0.1, 0.15) is 21.3 Å². The Hall–Kier alpha value is -2.53. The number of likely N-dealkylation sites (tertiary alicyclic amines) is 1. The first-order valence-electron chi connectivity index (χ1n) is 13.1. The van der Waals surface area contributed by atoms with Crippen LogP contribution in [0.4, 0.5) is 5.82 Å². The number of aromatic nitrogens is 2. The van der Waals surface area contributed by atoms with E-state index in [2.05, 4.69) is 27.5 Å². The molecule has 1 aliphatic carbocycles. The molecule has 200 valence electrons. The average Bonchev–Trinajstić information content (AvgIpc) is 3.46. The molecule has 0 radical (unpaired) electrons. The van der Waals surface area contributed by atoms with Crippen molar-refractivity contribution >= 4 is 38.8 Å². The number of nitrogens with one attached hydrogen (secondary N) is 2. The van der Waals surface area contributed by atoms with E-state index >= 15 is 0 Å². The zero-order valence-corrected chi connectivity index (χ0v) is 23.3. The summed E-state index contributed by atoms with van der Waals surface area (Å²) in [5.41, 5.74) is 2.10. The number of pyridine rings is 1. The summed E-state index contributed by atoms with van der Waals surface area (Å²) >= 11 is 1.20. The van der Waals surface area contributed by atoms with Crippen molar-refractivity contribution in [2.75, 3.05) is 23.4 Å². The molecule has 2 saturated heterocycles. The molecule has 2 N–H and O–H groups in total. The summed E-state index contributed by atoms with van der Waals surface area (Å²) in [5, 5.41) is 6.68. The standard InChI is InChI=1S/C26H35N5O4S2/c1-16-14-20(30-26(3)9-5-10-26)27-15-19(16)22-21(25(33)31-11-4-6-17(31)2)29-24(36-22)23(32)28-18-7-12-37(34,35)13-8-18/h14-15,17-18H,4-13H2,1-3H3,(H,27,30)(H,28,32)/t17-/m0/s1. The summed E-state index contributed by atoms with van der Waals surface area (Å²) in [6.07, 6.45) is 7.88. The number of rotatable bonds is 6.